The number of hydrogen-bond acceptors (Lipinski definition) is 4. The SMILES string of the molecule is O=S(=O)(Cc1ccc(Cl)cc1)NCCc1cn2ccsc2n1. The molecule has 0 aliphatic carbocycles. The maximum absolute atomic E-state index is 12.0. The van der Waals surface area contributed by atoms with Crippen molar-refractivity contribution in [3.63, 3.8) is 0 Å². The number of nitrogens with one attached hydrogen (secondary N) is 1. The first-order valence-electron chi connectivity index (χ1n) is 6.65. The van der Waals surface area contributed by atoms with E-state index in [2.05, 4.69) is 9.71 Å². The van der Waals surface area contributed by atoms with Gasteiger partial charge in [-0.15, -0.1) is 11.3 Å². The Morgan fingerprint density at radius 3 is 2.77 bits per heavy atom. The Morgan fingerprint density at radius 2 is 2.05 bits per heavy atom. The summed E-state index contributed by atoms with van der Waals surface area (Å²) in [5, 5.41) is 2.55. The number of aromatic nitrogens is 2. The van der Waals surface area contributed by atoms with E-state index in [1.165, 1.54) is 0 Å². The molecule has 3 aromatic rings. The molecule has 0 aliphatic heterocycles. The van der Waals surface area contributed by atoms with Crippen LogP contribution in [-0.4, -0.2) is 24.3 Å². The van der Waals surface area contributed by atoms with Crippen molar-refractivity contribution in [2.24, 2.45) is 0 Å². The molecule has 0 bridgehead atoms. The lowest BCUT2D eigenvalue weighted by atomic mass is 10.2. The van der Waals surface area contributed by atoms with Gasteiger partial charge in [-0.25, -0.2) is 18.1 Å². The van der Waals surface area contributed by atoms with Gasteiger partial charge in [0.25, 0.3) is 0 Å². The smallest absolute Gasteiger partial charge is 0.215 e. The predicted molar refractivity (Wildman–Crippen MR) is 88.9 cm³/mol. The molecule has 0 fully saturated rings. The zero-order valence-electron chi connectivity index (χ0n) is 11.6. The summed E-state index contributed by atoms with van der Waals surface area (Å²) >= 11 is 7.34. The minimum atomic E-state index is -3.36. The fraction of sp³-hybridized carbons (Fsp3) is 0.214. The van der Waals surface area contributed by atoms with E-state index in [0.717, 1.165) is 10.7 Å². The van der Waals surface area contributed by atoms with E-state index in [4.69, 9.17) is 11.6 Å². The summed E-state index contributed by atoms with van der Waals surface area (Å²) in [7, 11) is -3.36. The zero-order chi connectivity index (χ0) is 15.6. The summed E-state index contributed by atoms with van der Waals surface area (Å²) < 4.78 is 28.6. The van der Waals surface area contributed by atoms with Crippen molar-refractivity contribution in [2.75, 3.05) is 6.54 Å². The van der Waals surface area contributed by atoms with Crippen LogP contribution in [0.5, 0.6) is 0 Å². The molecule has 0 spiro atoms. The highest BCUT2D eigenvalue weighted by Crippen LogP contribution is 2.13. The van der Waals surface area contributed by atoms with E-state index < -0.39 is 10.0 Å². The third kappa shape index (κ3) is 3.86. The highest BCUT2D eigenvalue weighted by molar-refractivity contribution is 7.88. The van der Waals surface area contributed by atoms with Gasteiger partial charge in [-0.05, 0) is 17.7 Å². The lowest BCUT2D eigenvalue weighted by molar-refractivity contribution is 0.580. The molecule has 0 saturated heterocycles. The van der Waals surface area contributed by atoms with Crippen LogP contribution in [0.15, 0.2) is 42.0 Å². The van der Waals surface area contributed by atoms with Crippen LogP contribution in [0.2, 0.25) is 5.02 Å². The average Bonchev–Trinajstić information content (AvgIpc) is 3.02. The van der Waals surface area contributed by atoms with Crippen molar-refractivity contribution in [3.8, 4) is 0 Å². The van der Waals surface area contributed by atoms with E-state index in [0.29, 0.717) is 23.6 Å². The second-order valence-electron chi connectivity index (χ2n) is 4.85. The third-order valence-corrected chi connectivity index (χ3v) is 5.50. The molecule has 2 heterocycles. The van der Waals surface area contributed by atoms with Gasteiger partial charge in [0.2, 0.25) is 10.0 Å². The molecular formula is C14H14ClN3O2S2. The van der Waals surface area contributed by atoms with Crippen LogP contribution >= 0.6 is 22.9 Å². The molecule has 0 amide bonds. The molecular weight excluding hydrogens is 342 g/mol. The molecule has 1 aromatic carbocycles. The maximum atomic E-state index is 12.0. The largest absolute Gasteiger partial charge is 0.297 e. The van der Waals surface area contributed by atoms with Gasteiger partial charge in [0.05, 0.1) is 11.4 Å². The zero-order valence-corrected chi connectivity index (χ0v) is 14.0. The Labute approximate surface area is 137 Å². The number of rotatable bonds is 6. The van der Waals surface area contributed by atoms with E-state index in [1.807, 2.05) is 22.2 Å². The van der Waals surface area contributed by atoms with Crippen LogP contribution in [0, 0.1) is 0 Å². The van der Waals surface area contributed by atoms with Gasteiger partial charge in [0.1, 0.15) is 0 Å². The number of benzene rings is 1. The van der Waals surface area contributed by atoms with Gasteiger partial charge in [-0.1, -0.05) is 23.7 Å². The van der Waals surface area contributed by atoms with Crippen molar-refractivity contribution in [1.82, 2.24) is 14.1 Å². The lowest BCUT2D eigenvalue weighted by Crippen LogP contribution is -2.27. The fourth-order valence-corrected chi connectivity index (χ4v) is 4.07. The van der Waals surface area contributed by atoms with E-state index in [-0.39, 0.29) is 5.75 Å². The highest BCUT2D eigenvalue weighted by Gasteiger charge is 2.11. The molecule has 116 valence electrons. The summed E-state index contributed by atoms with van der Waals surface area (Å²) in [4.78, 5) is 5.33. The van der Waals surface area contributed by atoms with Crippen LogP contribution in [0.25, 0.3) is 4.96 Å². The Bertz CT molecular complexity index is 841. The number of sulfonamides is 1. The van der Waals surface area contributed by atoms with Gasteiger partial charge >= 0.3 is 0 Å². The monoisotopic (exact) mass is 355 g/mol. The molecule has 5 nitrogen and oxygen atoms in total. The molecule has 8 heteroatoms. The minimum Gasteiger partial charge on any atom is -0.297 e. The van der Waals surface area contributed by atoms with E-state index >= 15 is 0 Å². The molecule has 1 N–H and O–H groups in total. The van der Waals surface area contributed by atoms with Crippen molar-refractivity contribution in [3.05, 3.63) is 58.3 Å². The van der Waals surface area contributed by atoms with E-state index in [9.17, 15) is 8.42 Å². The van der Waals surface area contributed by atoms with Crippen LogP contribution in [0.1, 0.15) is 11.3 Å². The predicted octanol–water partition coefficient (Wildman–Crippen LogP) is 2.71. The fourth-order valence-electron chi connectivity index (χ4n) is 2.08. The first kappa shape index (κ1) is 15.5. The maximum Gasteiger partial charge on any atom is 0.215 e. The molecule has 0 atom stereocenters. The highest BCUT2D eigenvalue weighted by atomic mass is 35.5. The molecule has 0 unspecified atom stereocenters. The summed E-state index contributed by atoms with van der Waals surface area (Å²) in [5.41, 5.74) is 1.58. The van der Waals surface area contributed by atoms with Gasteiger partial charge in [0.15, 0.2) is 4.96 Å². The summed E-state index contributed by atoms with van der Waals surface area (Å²) in [6, 6.07) is 6.80. The molecule has 0 saturated carbocycles. The summed E-state index contributed by atoms with van der Waals surface area (Å²) in [6.45, 7) is 0.334. The van der Waals surface area contributed by atoms with Crippen LogP contribution < -0.4 is 4.72 Å². The number of fused-ring (bicyclic) bond motifs is 1. The molecule has 0 aliphatic rings. The Morgan fingerprint density at radius 1 is 1.27 bits per heavy atom. The first-order valence-corrected chi connectivity index (χ1v) is 9.56. The van der Waals surface area contributed by atoms with Crippen LogP contribution in [0.3, 0.4) is 0 Å². The molecule has 0 radical (unpaired) electrons. The topological polar surface area (TPSA) is 63.5 Å². The van der Waals surface area contributed by atoms with Gasteiger partial charge in [-0.2, -0.15) is 0 Å². The standard InChI is InChI=1S/C14H14ClN3O2S2/c15-12-3-1-11(2-4-12)10-22(19,20)16-6-5-13-9-18-7-8-21-14(18)17-13/h1-4,7-9,16H,5-6,10H2. The molecule has 22 heavy (non-hydrogen) atoms. The Hall–Kier alpha value is -1.41. The van der Waals surface area contributed by atoms with Crippen molar-refractivity contribution < 1.29 is 8.42 Å². The van der Waals surface area contributed by atoms with Crippen molar-refractivity contribution >= 4 is 37.9 Å². The normalized spacial score (nSPS) is 12.0. The number of thiazole rings is 1. The number of halogens is 1. The van der Waals surface area contributed by atoms with Crippen molar-refractivity contribution in [2.45, 2.75) is 12.2 Å². The number of imidazole rings is 1. The third-order valence-electron chi connectivity index (χ3n) is 3.12. The summed E-state index contributed by atoms with van der Waals surface area (Å²) in [5.74, 6) is -0.0531. The Balaban J connectivity index is 1.55. The van der Waals surface area contributed by atoms with Crippen LogP contribution in [0.4, 0.5) is 0 Å². The minimum absolute atomic E-state index is 0.0531. The second kappa shape index (κ2) is 6.37. The van der Waals surface area contributed by atoms with Gasteiger partial charge < -0.3 is 0 Å². The van der Waals surface area contributed by atoms with Gasteiger partial charge in [0, 0.05) is 35.8 Å². The van der Waals surface area contributed by atoms with Crippen LogP contribution in [-0.2, 0) is 22.2 Å². The first-order chi connectivity index (χ1) is 10.5. The second-order valence-corrected chi connectivity index (χ2v) is 7.97. The van der Waals surface area contributed by atoms with E-state index in [1.54, 1.807) is 35.6 Å². The van der Waals surface area contributed by atoms with Gasteiger partial charge in [-0.3, -0.25) is 4.40 Å². The molecule has 2 aromatic heterocycles. The Kier molecular flexibility index (Phi) is 4.49. The number of nitrogens with zero attached hydrogens (tertiary/aromatic N) is 2. The quantitative estimate of drug-likeness (QED) is 0.739. The lowest BCUT2D eigenvalue weighted by Gasteiger charge is -2.06. The summed E-state index contributed by atoms with van der Waals surface area (Å²) in [6.07, 6.45) is 4.41. The average molecular weight is 356 g/mol. The van der Waals surface area contributed by atoms with Crippen molar-refractivity contribution in [1.29, 1.82) is 0 Å². The number of hydrogen-bond donors (Lipinski definition) is 1. The molecule has 3 rings (SSSR count).